The fourth-order valence-electron chi connectivity index (χ4n) is 5.35. The molecule has 0 rings (SSSR count). The van der Waals surface area contributed by atoms with Gasteiger partial charge in [-0.05, 0) is 77.0 Å². The van der Waals surface area contributed by atoms with Crippen LogP contribution < -0.4 is 0 Å². The fraction of sp³-hybridized carbons (Fsp3) is 0.756. The first-order chi connectivity index (χ1) is 25.1. The van der Waals surface area contributed by atoms with Gasteiger partial charge in [0.15, 0.2) is 6.10 Å². The predicted octanol–water partition coefficient (Wildman–Crippen LogP) is 9.90. The molecule has 10 nitrogen and oxygen atoms in total. The highest BCUT2D eigenvalue weighted by Crippen LogP contribution is 2.36. The molecule has 2 unspecified atom stereocenters. The molecule has 302 valence electrons. The van der Waals surface area contributed by atoms with Crippen LogP contribution in [0.3, 0.4) is 0 Å². The second-order valence-corrected chi connectivity index (χ2v) is 14.8. The highest BCUT2D eigenvalue weighted by atomic mass is 31.2. The molecule has 0 aromatic carbocycles. The number of carbonyl (C=O) groups excluding carboxylic acids is 2. The Balaban J connectivity index is 4.21. The van der Waals surface area contributed by atoms with Crippen LogP contribution in [-0.4, -0.2) is 63.5 Å². The summed E-state index contributed by atoms with van der Waals surface area (Å²) in [5, 5.41) is 20.5. The number of hydrogen-bond donors (Lipinski definition) is 4. The Hall–Kier alpha value is -2.07. The van der Waals surface area contributed by atoms with Crippen molar-refractivity contribution in [3.8, 4) is 0 Å². The lowest BCUT2D eigenvalue weighted by atomic mass is 10.0. The van der Waals surface area contributed by atoms with Crippen molar-refractivity contribution >= 4 is 19.8 Å². The number of allylic oxidation sites excluding steroid dienone is 7. The monoisotopic (exact) mass is 756 g/mol. The molecule has 11 heteroatoms. The Morgan fingerprint density at radius 2 is 1.06 bits per heavy atom. The van der Waals surface area contributed by atoms with Gasteiger partial charge >= 0.3 is 19.8 Å². The van der Waals surface area contributed by atoms with Crippen LogP contribution in [0, 0.1) is 0 Å². The van der Waals surface area contributed by atoms with Crippen molar-refractivity contribution in [2.24, 2.45) is 0 Å². The Kier molecular flexibility index (Phi) is 34.5. The number of hydrogen-bond acceptors (Lipinski definition) is 8. The lowest BCUT2D eigenvalue weighted by molar-refractivity contribution is -0.161. The van der Waals surface area contributed by atoms with E-state index < -0.39 is 51.3 Å². The fourth-order valence-corrected chi connectivity index (χ4v) is 5.71. The topological polar surface area (TPSA) is 160 Å². The molecule has 0 saturated carbocycles. The van der Waals surface area contributed by atoms with Gasteiger partial charge in [-0.25, -0.2) is 4.57 Å². The van der Waals surface area contributed by atoms with E-state index in [0.717, 1.165) is 57.8 Å². The average molecular weight is 757 g/mol. The summed E-state index contributed by atoms with van der Waals surface area (Å²) in [6, 6.07) is 0. The first-order valence-electron chi connectivity index (χ1n) is 20.1. The van der Waals surface area contributed by atoms with Gasteiger partial charge in [0, 0.05) is 12.8 Å². The summed E-state index contributed by atoms with van der Waals surface area (Å²) in [5.74, 6) is -1.18. The number of unbranched alkanes of at least 4 members (excludes halogenated alkanes) is 14. The van der Waals surface area contributed by atoms with Crippen LogP contribution in [-0.2, 0) is 28.2 Å². The van der Waals surface area contributed by atoms with Crippen molar-refractivity contribution < 1.29 is 48.2 Å². The van der Waals surface area contributed by atoms with Crippen molar-refractivity contribution in [3.05, 3.63) is 48.6 Å². The molecule has 0 aromatic heterocycles. The Morgan fingerprint density at radius 3 is 1.67 bits per heavy atom. The second kappa shape index (κ2) is 35.9. The van der Waals surface area contributed by atoms with Crippen LogP contribution in [0.25, 0.3) is 0 Å². The molecule has 0 aliphatic carbocycles. The smallest absolute Gasteiger partial charge is 0.462 e. The number of esters is 2. The van der Waals surface area contributed by atoms with Gasteiger partial charge in [0.2, 0.25) is 0 Å². The van der Waals surface area contributed by atoms with Crippen LogP contribution in [0.5, 0.6) is 0 Å². The molecule has 0 spiro atoms. The summed E-state index contributed by atoms with van der Waals surface area (Å²) in [4.78, 5) is 42.8. The maximum Gasteiger partial charge on any atom is 0.469 e. The van der Waals surface area contributed by atoms with E-state index in [9.17, 15) is 24.4 Å². The third-order valence-corrected chi connectivity index (χ3v) is 9.01. The summed E-state index contributed by atoms with van der Waals surface area (Å²) in [7, 11) is -4.82. The largest absolute Gasteiger partial charge is 0.469 e. The van der Waals surface area contributed by atoms with E-state index in [1.807, 2.05) is 12.2 Å². The third kappa shape index (κ3) is 36.3. The molecular weight excluding hydrogens is 683 g/mol. The van der Waals surface area contributed by atoms with Crippen LogP contribution in [0.15, 0.2) is 48.6 Å². The molecule has 0 amide bonds. The van der Waals surface area contributed by atoms with Gasteiger partial charge in [-0.3, -0.25) is 14.1 Å². The predicted molar refractivity (Wildman–Crippen MR) is 210 cm³/mol. The molecule has 0 radical (unpaired) electrons. The zero-order chi connectivity index (χ0) is 38.5. The number of aliphatic hydroxyl groups excluding tert-OH is 2. The molecule has 0 aliphatic rings. The molecule has 52 heavy (non-hydrogen) atoms. The van der Waals surface area contributed by atoms with Gasteiger partial charge in [0.1, 0.15) is 6.61 Å². The summed E-state index contributed by atoms with van der Waals surface area (Å²) in [6.07, 6.45) is 35.8. The Morgan fingerprint density at radius 1 is 0.577 bits per heavy atom. The summed E-state index contributed by atoms with van der Waals surface area (Å²) < 4.78 is 26.2. The van der Waals surface area contributed by atoms with Crippen LogP contribution >= 0.6 is 7.82 Å². The molecule has 0 heterocycles. The lowest BCUT2D eigenvalue weighted by Crippen LogP contribution is -2.29. The van der Waals surface area contributed by atoms with E-state index in [1.54, 1.807) is 0 Å². The van der Waals surface area contributed by atoms with E-state index in [0.29, 0.717) is 12.8 Å². The van der Waals surface area contributed by atoms with Gasteiger partial charge in [-0.1, -0.05) is 127 Å². The summed E-state index contributed by atoms with van der Waals surface area (Å²) in [6.45, 7) is 3.38. The summed E-state index contributed by atoms with van der Waals surface area (Å²) in [5.41, 5.74) is 0. The van der Waals surface area contributed by atoms with E-state index in [1.165, 1.54) is 57.8 Å². The molecule has 0 saturated heterocycles. The van der Waals surface area contributed by atoms with Gasteiger partial charge in [-0.2, -0.15) is 0 Å². The SMILES string of the molecule is CCCCC/C=C\C/C=C\C/C=C\CC(O)C(O)CCCC(=O)OC[C@H](COP(=O)(O)O)OC(=O)CCCCCCC/C=C\CCCCCCCC. The van der Waals surface area contributed by atoms with Gasteiger partial charge in [0.05, 0.1) is 18.8 Å². The molecular formula is C41H73O10P. The number of phosphoric ester groups is 1. The van der Waals surface area contributed by atoms with Crippen molar-refractivity contribution in [2.45, 2.75) is 186 Å². The zero-order valence-corrected chi connectivity index (χ0v) is 33.3. The van der Waals surface area contributed by atoms with E-state index in [2.05, 4.69) is 54.8 Å². The Bertz CT molecular complexity index is 1020. The Labute approximate surface area is 315 Å². The maximum absolute atomic E-state index is 12.4. The molecule has 0 aliphatic heterocycles. The molecule has 0 fully saturated rings. The van der Waals surface area contributed by atoms with Gasteiger partial charge in [-0.15, -0.1) is 0 Å². The minimum atomic E-state index is -4.82. The first kappa shape index (κ1) is 49.9. The number of ether oxygens (including phenoxy) is 2. The van der Waals surface area contributed by atoms with Crippen molar-refractivity contribution in [1.29, 1.82) is 0 Å². The van der Waals surface area contributed by atoms with Crippen molar-refractivity contribution in [1.82, 2.24) is 0 Å². The zero-order valence-electron chi connectivity index (χ0n) is 32.4. The lowest BCUT2D eigenvalue weighted by Gasteiger charge is -2.19. The van der Waals surface area contributed by atoms with Crippen molar-refractivity contribution in [2.75, 3.05) is 13.2 Å². The number of rotatable bonds is 36. The van der Waals surface area contributed by atoms with E-state index >= 15 is 0 Å². The molecule has 0 bridgehead atoms. The quantitative estimate of drug-likeness (QED) is 0.0210. The summed E-state index contributed by atoms with van der Waals surface area (Å²) >= 11 is 0. The van der Waals surface area contributed by atoms with Crippen LogP contribution in [0.2, 0.25) is 0 Å². The first-order valence-corrected chi connectivity index (χ1v) is 21.6. The number of phosphoric acid groups is 1. The van der Waals surface area contributed by atoms with Gasteiger partial charge < -0.3 is 29.5 Å². The van der Waals surface area contributed by atoms with Crippen LogP contribution in [0.1, 0.15) is 168 Å². The molecule has 4 N–H and O–H groups in total. The number of carbonyl (C=O) groups is 2. The third-order valence-electron chi connectivity index (χ3n) is 8.52. The minimum absolute atomic E-state index is 0.0492. The number of aliphatic hydroxyl groups is 2. The van der Waals surface area contributed by atoms with Crippen LogP contribution in [0.4, 0.5) is 0 Å². The normalized spacial score (nSPS) is 14.2. The van der Waals surface area contributed by atoms with E-state index in [-0.39, 0.29) is 25.7 Å². The average Bonchev–Trinajstić information content (AvgIpc) is 3.11. The molecule has 0 aromatic rings. The maximum atomic E-state index is 12.4. The highest BCUT2D eigenvalue weighted by Gasteiger charge is 2.23. The standard InChI is InChI=1S/C41H73O10P/c1-3-5-7-9-11-13-15-17-18-19-21-23-25-27-29-33-41(45)51-37(36-50-52(46,47)48)35-49-40(44)34-30-32-39(43)38(42)31-28-26-24-22-20-16-14-12-10-8-6-4-2/h12,14,17-18,20,22,26,28,37-39,42-43H,3-11,13,15-16,19,21,23-25,27,29-36H2,1-2H3,(H2,46,47,48)/b14-12-,18-17-,22-20-,28-26-/t37-,38?,39?/m1/s1. The minimum Gasteiger partial charge on any atom is -0.462 e. The molecule has 3 atom stereocenters. The van der Waals surface area contributed by atoms with Crippen molar-refractivity contribution in [3.63, 3.8) is 0 Å². The highest BCUT2D eigenvalue weighted by molar-refractivity contribution is 7.46. The van der Waals surface area contributed by atoms with E-state index in [4.69, 9.17) is 19.3 Å². The van der Waals surface area contributed by atoms with Gasteiger partial charge in [0.25, 0.3) is 0 Å². The second-order valence-electron chi connectivity index (χ2n) is 13.6.